The van der Waals surface area contributed by atoms with Gasteiger partial charge in [0.2, 0.25) is 10.0 Å². The Labute approximate surface area is 152 Å². The fourth-order valence-corrected chi connectivity index (χ4v) is 4.82. The quantitative estimate of drug-likeness (QED) is 0.752. The summed E-state index contributed by atoms with van der Waals surface area (Å²) in [7, 11) is -3.96. The van der Waals surface area contributed by atoms with E-state index in [4.69, 9.17) is 5.26 Å². The minimum Gasteiger partial charge on any atom is -0.390 e. The Morgan fingerprint density at radius 3 is 2.58 bits per heavy atom. The largest absolute Gasteiger partial charge is 0.390 e. The van der Waals surface area contributed by atoms with Crippen molar-refractivity contribution in [2.45, 2.75) is 42.4 Å². The molecule has 0 heterocycles. The van der Waals surface area contributed by atoms with Crippen LogP contribution in [-0.4, -0.2) is 36.9 Å². The number of sulfonamides is 1. The zero-order valence-corrected chi connectivity index (χ0v) is 15.0. The first kappa shape index (κ1) is 18.5. The van der Waals surface area contributed by atoms with Gasteiger partial charge < -0.3 is 10.2 Å². The monoisotopic (exact) mass is 372 g/mol. The molecule has 3 rings (SSSR count). The van der Waals surface area contributed by atoms with Gasteiger partial charge in [-0.05, 0) is 42.7 Å². The molecule has 0 aliphatic heterocycles. The van der Waals surface area contributed by atoms with E-state index in [0.717, 1.165) is 11.1 Å². The Balaban J connectivity index is 1.95. The number of hydrogen-bond donors (Lipinski definition) is 3. The third-order valence-corrected chi connectivity index (χ3v) is 6.30. The molecule has 0 bridgehead atoms. The number of aryl methyl sites for hydroxylation is 1. The lowest BCUT2D eigenvalue weighted by atomic mass is 9.91. The molecule has 0 spiro atoms. The van der Waals surface area contributed by atoms with Gasteiger partial charge in [-0.2, -0.15) is 5.26 Å². The normalized spacial score (nSPS) is 25.8. The minimum absolute atomic E-state index is 0.0475. The number of aliphatic hydroxyl groups is 2. The number of nitrogens with one attached hydrogen (secondary N) is 1. The molecule has 1 aliphatic rings. The Bertz CT molecular complexity index is 952. The van der Waals surface area contributed by atoms with Crippen LogP contribution < -0.4 is 4.72 Å². The van der Waals surface area contributed by atoms with E-state index in [1.807, 2.05) is 37.3 Å². The highest BCUT2D eigenvalue weighted by molar-refractivity contribution is 7.89. The van der Waals surface area contributed by atoms with E-state index >= 15 is 0 Å². The lowest BCUT2D eigenvalue weighted by Gasteiger charge is -2.24. The molecule has 2 aromatic carbocycles. The number of nitriles is 1. The van der Waals surface area contributed by atoms with Crippen molar-refractivity contribution in [2.75, 3.05) is 0 Å². The van der Waals surface area contributed by atoms with Gasteiger partial charge in [0, 0.05) is 5.92 Å². The highest BCUT2D eigenvalue weighted by atomic mass is 32.2. The summed E-state index contributed by atoms with van der Waals surface area (Å²) in [5.74, 6) is -0.352. The van der Waals surface area contributed by atoms with E-state index in [-0.39, 0.29) is 22.8 Å². The van der Waals surface area contributed by atoms with Crippen molar-refractivity contribution >= 4 is 10.0 Å². The fourth-order valence-electron chi connectivity index (χ4n) is 3.48. The molecule has 1 aliphatic carbocycles. The van der Waals surface area contributed by atoms with Crippen LogP contribution in [0.25, 0.3) is 0 Å². The van der Waals surface area contributed by atoms with Crippen LogP contribution in [0.3, 0.4) is 0 Å². The number of hydrogen-bond acceptors (Lipinski definition) is 5. The van der Waals surface area contributed by atoms with Crippen molar-refractivity contribution in [3.63, 3.8) is 0 Å². The molecule has 1 saturated carbocycles. The Hall–Kier alpha value is -2.24. The maximum Gasteiger partial charge on any atom is 0.240 e. The van der Waals surface area contributed by atoms with Gasteiger partial charge in [0.25, 0.3) is 0 Å². The molecule has 7 heteroatoms. The van der Waals surface area contributed by atoms with Gasteiger partial charge in [-0.15, -0.1) is 0 Å². The Kier molecular flexibility index (Phi) is 5.12. The first-order valence-corrected chi connectivity index (χ1v) is 9.76. The van der Waals surface area contributed by atoms with Crippen LogP contribution in [0.4, 0.5) is 0 Å². The average molecular weight is 372 g/mol. The van der Waals surface area contributed by atoms with E-state index in [2.05, 4.69) is 4.72 Å². The van der Waals surface area contributed by atoms with E-state index in [1.54, 1.807) is 0 Å². The third kappa shape index (κ3) is 3.50. The van der Waals surface area contributed by atoms with Crippen LogP contribution in [0.15, 0.2) is 53.4 Å². The van der Waals surface area contributed by atoms with Gasteiger partial charge in [0.15, 0.2) is 0 Å². The predicted molar refractivity (Wildman–Crippen MR) is 95.8 cm³/mol. The van der Waals surface area contributed by atoms with Gasteiger partial charge in [-0.3, -0.25) is 0 Å². The summed E-state index contributed by atoms with van der Waals surface area (Å²) in [5, 5.41) is 29.4. The number of rotatable bonds is 4. The van der Waals surface area contributed by atoms with Gasteiger partial charge in [-0.1, -0.05) is 30.3 Å². The van der Waals surface area contributed by atoms with E-state index < -0.39 is 28.3 Å². The molecule has 1 fully saturated rings. The summed E-state index contributed by atoms with van der Waals surface area (Å²) >= 11 is 0. The van der Waals surface area contributed by atoms with Crippen LogP contribution >= 0.6 is 0 Å². The highest BCUT2D eigenvalue weighted by Crippen LogP contribution is 2.37. The third-order valence-electron chi connectivity index (χ3n) is 4.84. The molecule has 26 heavy (non-hydrogen) atoms. The molecular weight excluding hydrogens is 352 g/mol. The van der Waals surface area contributed by atoms with Gasteiger partial charge >= 0.3 is 0 Å². The van der Waals surface area contributed by atoms with Gasteiger partial charge in [0.1, 0.15) is 0 Å². The van der Waals surface area contributed by atoms with Crippen molar-refractivity contribution in [1.29, 1.82) is 5.26 Å². The smallest absolute Gasteiger partial charge is 0.240 e. The molecule has 136 valence electrons. The maximum absolute atomic E-state index is 12.8. The predicted octanol–water partition coefficient (Wildman–Crippen LogP) is 1.42. The lowest BCUT2D eigenvalue weighted by Crippen LogP contribution is -2.45. The summed E-state index contributed by atoms with van der Waals surface area (Å²) in [6.45, 7) is 1.91. The highest BCUT2D eigenvalue weighted by Gasteiger charge is 2.44. The summed E-state index contributed by atoms with van der Waals surface area (Å²) in [6.07, 6.45) is -1.97. The molecule has 4 unspecified atom stereocenters. The SMILES string of the molecule is Cc1ccccc1C1CC(O)C(O)C1NS(=O)(=O)c1cccc(C#N)c1. The summed E-state index contributed by atoms with van der Waals surface area (Å²) in [5.41, 5.74) is 2.09. The second kappa shape index (κ2) is 7.17. The number of benzene rings is 2. The molecule has 6 nitrogen and oxygen atoms in total. The Morgan fingerprint density at radius 2 is 1.88 bits per heavy atom. The number of nitrogens with zero attached hydrogens (tertiary/aromatic N) is 1. The molecule has 4 atom stereocenters. The van der Waals surface area contributed by atoms with Crippen LogP contribution in [0, 0.1) is 18.3 Å². The molecule has 0 saturated heterocycles. The zero-order chi connectivity index (χ0) is 18.9. The van der Waals surface area contributed by atoms with Crippen molar-refractivity contribution < 1.29 is 18.6 Å². The molecule has 0 aromatic heterocycles. The topological polar surface area (TPSA) is 110 Å². The Morgan fingerprint density at radius 1 is 1.15 bits per heavy atom. The number of aliphatic hydroxyl groups excluding tert-OH is 2. The van der Waals surface area contributed by atoms with Gasteiger partial charge in [-0.25, -0.2) is 13.1 Å². The summed E-state index contributed by atoms with van der Waals surface area (Å²) in [6, 6.07) is 14.3. The van der Waals surface area contributed by atoms with Gasteiger partial charge in [0.05, 0.1) is 34.8 Å². The van der Waals surface area contributed by atoms with Crippen molar-refractivity contribution in [3.8, 4) is 6.07 Å². The minimum atomic E-state index is -3.96. The van der Waals surface area contributed by atoms with Crippen LogP contribution in [0.2, 0.25) is 0 Å². The first-order valence-electron chi connectivity index (χ1n) is 8.27. The van der Waals surface area contributed by atoms with E-state index in [1.165, 1.54) is 24.3 Å². The first-order chi connectivity index (χ1) is 12.3. The van der Waals surface area contributed by atoms with Crippen LogP contribution in [-0.2, 0) is 10.0 Å². The fraction of sp³-hybridized carbons (Fsp3) is 0.316. The van der Waals surface area contributed by atoms with Crippen LogP contribution in [0.1, 0.15) is 29.0 Å². The van der Waals surface area contributed by atoms with Crippen molar-refractivity contribution in [2.24, 2.45) is 0 Å². The lowest BCUT2D eigenvalue weighted by molar-refractivity contribution is 0.0338. The van der Waals surface area contributed by atoms with Crippen molar-refractivity contribution in [1.82, 2.24) is 4.72 Å². The summed E-state index contributed by atoms with van der Waals surface area (Å²) in [4.78, 5) is -0.0475. The molecule has 3 N–H and O–H groups in total. The summed E-state index contributed by atoms with van der Waals surface area (Å²) < 4.78 is 28.0. The zero-order valence-electron chi connectivity index (χ0n) is 14.2. The second-order valence-corrected chi connectivity index (χ2v) is 8.26. The van der Waals surface area contributed by atoms with E-state index in [9.17, 15) is 18.6 Å². The molecule has 0 radical (unpaired) electrons. The van der Waals surface area contributed by atoms with E-state index in [0.29, 0.717) is 0 Å². The second-order valence-electron chi connectivity index (χ2n) is 6.54. The molecule has 0 amide bonds. The standard InChI is InChI=1S/C19H20N2O4S/c1-12-5-2-3-8-15(12)16-10-17(22)19(23)18(16)21-26(24,25)14-7-4-6-13(9-14)11-20/h2-9,16-19,21-23H,10H2,1H3. The van der Waals surface area contributed by atoms with Crippen molar-refractivity contribution in [3.05, 3.63) is 65.2 Å². The maximum atomic E-state index is 12.8. The van der Waals surface area contributed by atoms with Crippen LogP contribution in [0.5, 0.6) is 0 Å². The molecular formula is C19H20N2O4S. The average Bonchev–Trinajstić information content (AvgIpc) is 2.90. The molecule has 2 aromatic rings.